The van der Waals surface area contributed by atoms with Crippen LogP contribution in [-0.2, 0) is 21.7 Å². The summed E-state index contributed by atoms with van der Waals surface area (Å²) in [5.41, 5.74) is 13.9. The van der Waals surface area contributed by atoms with Crippen LogP contribution in [0.25, 0.3) is 162 Å². The fourth-order valence-corrected chi connectivity index (χ4v) is 22.9. The van der Waals surface area contributed by atoms with Crippen LogP contribution >= 0.6 is 0 Å². The van der Waals surface area contributed by atoms with Crippen LogP contribution in [0.3, 0.4) is 0 Å². The molecule has 0 saturated heterocycles. The van der Waals surface area contributed by atoms with Gasteiger partial charge in [-0.3, -0.25) is 19.2 Å². The Bertz CT molecular complexity index is 8060. The van der Waals surface area contributed by atoms with E-state index in [-0.39, 0.29) is 45.3 Å². The molecule has 692 valence electrons. The molecule has 0 N–H and O–H groups in total. The van der Waals surface area contributed by atoms with Crippen molar-refractivity contribution in [3.63, 3.8) is 0 Å². The maximum Gasteiger partial charge on any atom is 0.266 e. The number of carbonyl (C=O) groups is 4. The van der Waals surface area contributed by atoms with E-state index < -0.39 is 23.6 Å². The summed E-state index contributed by atoms with van der Waals surface area (Å²) in [5.74, 6) is 2.34. The van der Waals surface area contributed by atoms with E-state index in [2.05, 4.69) is 321 Å². The first-order valence-electron chi connectivity index (χ1n) is 49.4. The van der Waals surface area contributed by atoms with Gasteiger partial charge >= 0.3 is 0 Å². The van der Waals surface area contributed by atoms with Gasteiger partial charge < -0.3 is 18.9 Å². The van der Waals surface area contributed by atoms with E-state index in [0.29, 0.717) is 101 Å². The Kier molecular flexibility index (Phi) is 19.9. The van der Waals surface area contributed by atoms with Gasteiger partial charge in [-0.25, -0.2) is 9.80 Å². The molecule has 2 heterocycles. The van der Waals surface area contributed by atoms with Crippen LogP contribution in [0, 0.1) is 0 Å². The largest absolute Gasteiger partial charge is 0.457 e. The summed E-state index contributed by atoms with van der Waals surface area (Å²) in [6, 6.07) is 85.7. The predicted octanol–water partition coefficient (Wildman–Crippen LogP) is 36.7. The molecule has 10 heteroatoms. The van der Waals surface area contributed by atoms with Crippen molar-refractivity contribution in [1.29, 1.82) is 0 Å². The molecule has 0 atom stereocenters. The standard InChI is InChI=1S/C130H114N2O8/c1-65(2)75-57-93(67(5)6)121(94(58-75)68(7)8)131-123(133)101-61-105(137-81-37-29-77(30-38-81)127(13,14)15)115-89-49-45-85-97-53-71-25-27-73-55-99-87-47-51-91-112-92(52-48-88(110(87)112)100(99)56-74(73)28-26-72(71)54-98(97)86-46-50-90(111(89)109(85)86)116-106(62-102(124(131)134)113(101)119(115)116)138-82-39-31-78(32-40-82)128(16,17)18)118-108(140-84-43-35-80(36-44-84)130(22,23)24)64-104-114-103(63-107(117(91)120(114)118)139-83-41-33-79(34-42-83)129(19,20)21)125(135)132(126(104)136)122-95(69(9)10)59-76(66(3)4)60-96(122)70(11)12/h25-64,67-70H,1,3H2,2,4-24H3. The molecule has 21 aromatic carbocycles. The van der Waals surface area contributed by atoms with Gasteiger partial charge in [-0.2, -0.15) is 0 Å². The van der Waals surface area contributed by atoms with Gasteiger partial charge in [0.05, 0.1) is 33.6 Å². The second-order valence-corrected chi connectivity index (χ2v) is 45.1. The van der Waals surface area contributed by atoms with Crippen molar-refractivity contribution in [3.8, 4) is 46.0 Å². The normalized spacial score (nSPS) is 13.7. The zero-order valence-electron chi connectivity index (χ0n) is 84.0. The topological polar surface area (TPSA) is 112 Å². The van der Waals surface area contributed by atoms with Gasteiger partial charge in [0.15, 0.2) is 0 Å². The highest BCUT2D eigenvalue weighted by Gasteiger charge is 2.44. The minimum Gasteiger partial charge on any atom is -0.457 e. The lowest BCUT2D eigenvalue weighted by Gasteiger charge is -2.34. The lowest BCUT2D eigenvalue weighted by Crippen LogP contribution is -2.42. The van der Waals surface area contributed by atoms with Gasteiger partial charge in [0.25, 0.3) is 23.6 Å². The predicted molar refractivity (Wildman–Crippen MR) is 587 cm³/mol. The third kappa shape index (κ3) is 13.6. The summed E-state index contributed by atoms with van der Waals surface area (Å²) in [6.07, 6.45) is 0. The summed E-state index contributed by atoms with van der Waals surface area (Å²) < 4.78 is 29.7. The van der Waals surface area contributed by atoms with Crippen molar-refractivity contribution < 1.29 is 38.1 Å². The third-order valence-electron chi connectivity index (χ3n) is 30.3. The Morgan fingerprint density at radius 1 is 0.236 bits per heavy atom. The summed E-state index contributed by atoms with van der Waals surface area (Å²) in [7, 11) is 0. The van der Waals surface area contributed by atoms with Crippen molar-refractivity contribution in [2.45, 2.75) is 198 Å². The van der Waals surface area contributed by atoms with E-state index in [4.69, 9.17) is 18.9 Å². The first-order chi connectivity index (χ1) is 66.6. The molecule has 2 aliphatic rings. The Labute approximate surface area is 816 Å². The van der Waals surface area contributed by atoms with Crippen LogP contribution in [0.2, 0.25) is 0 Å². The number of fused-ring (bicyclic) bond motifs is 12. The Morgan fingerprint density at radius 2 is 0.436 bits per heavy atom. The molecular formula is C130H114N2O8. The van der Waals surface area contributed by atoms with Crippen LogP contribution in [0.1, 0.15) is 273 Å². The SMILES string of the molecule is C=C(C)c1cc(C(C)C)c(N2C(=O)c3cc(Oc4ccc(C(C)(C)C)cc4)c4c5ccc6c7cc8ccc9cc%10c(cc9ccc8cc7c7ccc(c8c(Oc9ccc(C(C)(C)C)cc9)cc(c3c48)C2=O)c5c67)c2ccc3c4c(Oc5ccc(C(C)(C)C)cc5)cc5c6c(cc(Oc7ccc(C(C)(C)C)cc7)c(c7ccc%10c2c73)c64)C(=O)N(c2c(C(C)C)cc(C(=C)C)cc2C(C)C)C5=O)c(C(C)C)c1. The molecule has 0 unspecified atom stereocenters. The maximum atomic E-state index is 16.5. The zero-order chi connectivity index (χ0) is 98.1. The molecule has 0 bridgehead atoms. The average Bonchev–Trinajstić information content (AvgIpc) is 1.29. The number of carbonyl (C=O) groups excluding carboxylic acids is 4. The Morgan fingerprint density at radius 3 is 0.629 bits per heavy atom. The van der Waals surface area contributed by atoms with Gasteiger partial charge in [-0.05, 0) is 344 Å². The fourth-order valence-electron chi connectivity index (χ4n) is 22.9. The van der Waals surface area contributed by atoms with Gasteiger partial charge in [0.1, 0.15) is 46.0 Å². The molecular weight excluding hydrogens is 1720 g/mol. The highest BCUT2D eigenvalue weighted by Crippen LogP contribution is 2.60. The first-order valence-corrected chi connectivity index (χ1v) is 49.4. The summed E-state index contributed by atoms with van der Waals surface area (Å²) in [6.45, 7) is 56.1. The van der Waals surface area contributed by atoms with Gasteiger partial charge in [-0.1, -0.05) is 284 Å². The Hall–Kier alpha value is -15.0. The first kappa shape index (κ1) is 88.9. The zero-order valence-corrected chi connectivity index (χ0v) is 84.0. The van der Waals surface area contributed by atoms with Crippen LogP contribution in [-0.4, -0.2) is 23.6 Å². The molecule has 140 heavy (non-hydrogen) atoms. The number of hydrogen-bond acceptors (Lipinski definition) is 8. The second kappa shape index (κ2) is 31.3. The number of ether oxygens (including phenoxy) is 4. The number of imide groups is 2. The summed E-state index contributed by atoms with van der Waals surface area (Å²) in [5, 5.41) is 26.5. The summed E-state index contributed by atoms with van der Waals surface area (Å²) in [4.78, 5) is 68.8. The average molecular weight is 1830 g/mol. The highest BCUT2D eigenvalue weighted by molar-refractivity contribution is 6.50. The molecule has 2 aliphatic heterocycles. The molecule has 0 fully saturated rings. The molecule has 0 radical (unpaired) electrons. The molecule has 0 spiro atoms. The van der Waals surface area contributed by atoms with E-state index in [0.717, 1.165) is 196 Å². The number of amides is 4. The van der Waals surface area contributed by atoms with Crippen molar-refractivity contribution in [2.24, 2.45) is 0 Å². The fraction of sp³-hybridized carbons (Fsp3) is 0.231. The van der Waals surface area contributed by atoms with Gasteiger partial charge in [0, 0.05) is 43.1 Å². The monoisotopic (exact) mass is 1830 g/mol. The minimum atomic E-state index is -0.427. The highest BCUT2D eigenvalue weighted by atomic mass is 16.5. The van der Waals surface area contributed by atoms with Crippen LogP contribution < -0.4 is 28.7 Å². The van der Waals surface area contributed by atoms with Crippen molar-refractivity contribution in [2.75, 3.05) is 9.80 Å². The molecule has 21 aromatic rings. The number of nitrogens with zero attached hydrogens (tertiary/aromatic N) is 2. The van der Waals surface area contributed by atoms with E-state index in [1.165, 1.54) is 9.80 Å². The lowest BCUT2D eigenvalue weighted by atomic mass is 9.82. The minimum absolute atomic E-state index is 0.0719. The van der Waals surface area contributed by atoms with E-state index in [1.807, 2.05) is 86.6 Å². The Balaban J connectivity index is 0.732. The van der Waals surface area contributed by atoms with E-state index >= 15 is 19.2 Å². The number of benzene rings is 18. The van der Waals surface area contributed by atoms with Gasteiger partial charge in [-0.15, -0.1) is 0 Å². The second-order valence-electron chi connectivity index (χ2n) is 45.1. The number of allylic oxidation sites excluding steroid dienone is 2. The number of hydrogen-bond donors (Lipinski definition) is 0. The molecule has 0 aromatic heterocycles. The lowest BCUT2D eigenvalue weighted by molar-refractivity contribution is 0.0877. The smallest absolute Gasteiger partial charge is 0.266 e. The van der Waals surface area contributed by atoms with Crippen molar-refractivity contribution in [1.82, 2.24) is 0 Å². The number of anilines is 2. The summed E-state index contributed by atoms with van der Waals surface area (Å²) >= 11 is 0. The van der Waals surface area contributed by atoms with Crippen LogP contribution in [0.4, 0.5) is 11.4 Å². The quantitative estimate of drug-likeness (QED) is 0.0534. The molecule has 23 rings (SSSR count). The molecule has 0 aliphatic carbocycles. The van der Waals surface area contributed by atoms with E-state index in [9.17, 15) is 0 Å². The van der Waals surface area contributed by atoms with Gasteiger partial charge in [0.2, 0.25) is 0 Å². The van der Waals surface area contributed by atoms with Crippen LogP contribution in [0.15, 0.2) is 256 Å². The van der Waals surface area contributed by atoms with Crippen molar-refractivity contribution in [3.05, 3.63) is 334 Å². The van der Waals surface area contributed by atoms with Crippen LogP contribution in [0.5, 0.6) is 46.0 Å². The van der Waals surface area contributed by atoms with Crippen molar-refractivity contribution >= 4 is 197 Å². The molecule has 0 saturated carbocycles. The number of rotatable bonds is 16. The van der Waals surface area contributed by atoms with E-state index in [1.54, 1.807) is 0 Å². The molecule has 10 nitrogen and oxygen atoms in total. The molecule has 4 amide bonds. The third-order valence-corrected chi connectivity index (χ3v) is 30.3. The maximum absolute atomic E-state index is 16.5.